The van der Waals surface area contributed by atoms with E-state index < -0.39 is 17.6 Å². The van der Waals surface area contributed by atoms with Crippen molar-refractivity contribution in [2.75, 3.05) is 6.26 Å². The third-order valence-corrected chi connectivity index (χ3v) is 2.21. The molecule has 88 valence electrons. The van der Waals surface area contributed by atoms with E-state index in [1.54, 1.807) is 6.26 Å². The Morgan fingerprint density at radius 1 is 1.38 bits per heavy atom. The van der Waals surface area contributed by atoms with Crippen molar-refractivity contribution in [2.45, 2.75) is 6.18 Å². The average Bonchev–Trinajstić information content (AvgIpc) is 2.19. The molecule has 0 atom stereocenters. The van der Waals surface area contributed by atoms with Gasteiger partial charge in [0.25, 0.3) is 0 Å². The summed E-state index contributed by atoms with van der Waals surface area (Å²) in [4.78, 5) is 3.68. The van der Waals surface area contributed by atoms with Gasteiger partial charge in [-0.2, -0.15) is 13.2 Å². The fraction of sp³-hybridized carbons (Fsp3) is 0.222. The minimum absolute atomic E-state index is 0.0272. The normalized spacial score (nSPS) is 12.9. The standard InChI is InChI=1S/C9H8F4N2S/c1-16-8(14)15-5-2-3-7(10)6(4-5)9(11,12)13/h2-4H,1H3,(H2,14,15). The number of hydrogen-bond acceptors (Lipinski definition) is 2. The highest BCUT2D eigenvalue weighted by molar-refractivity contribution is 8.13. The van der Waals surface area contributed by atoms with E-state index in [4.69, 9.17) is 5.73 Å². The Balaban J connectivity index is 3.18. The largest absolute Gasteiger partial charge is 0.419 e. The Morgan fingerprint density at radius 3 is 2.50 bits per heavy atom. The van der Waals surface area contributed by atoms with Crippen LogP contribution in [-0.2, 0) is 6.18 Å². The van der Waals surface area contributed by atoms with Gasteiger partial charge in [-0.3, -0.25) is 0 Å². The topological polar surface area (TPSA) is 38.4 Å². The molecule has 0 heterocycles. The molecule has 0 amide bonds. The van der Waals surface area contributed by atoms with Crippen LogP contribution in [0.3, 0.4) is 0 Å². The van der Waals surface area contributed by atoms with Crippen LogP contribution in [0.2, 0.25) is 0 Å². The van der Waals surface area contributed by atoms with Crippen molar-refractivity contribution in [3.63, 3.8) is 0 Å². The maximum atomic E-state index is 12.9. The monoisotopic (exact) mass is 252 g/mol. The third-order valence-electron chi connectivity index (χ3n) is 1.70. The van der Waals surface area contributed by atoms with Gasteiger partial charge in [-0.15, -0.1) is 0 Å². The first-order valence-electron chi connectivity index (χ1n) is 4.09. The van der Waals surface area contributed by atoms with Crippen LogP contribution >= 0.6 is 11.8 Å². The lowest BCUT2D eigenvalue weighted by Gasteiger charge is -2.08. The lowest BCUT2D eigenvalue weighted by Crippen LogP contribution is -2.08. The molecule has 2 nitrogen and oxygen atoms in total. The third kappa shape index (κ3) is 3.13. The van der Waals surface area contributed by atoms with E-state index in [2.05, 4.69) is 4.99 Å². The molecule has 0 saturated heterocycles. The molecule has 7 heteroatoms. The van der Waals surface area contributed by atoms with Crippen molar-refractivity contribution in [3.8, 4) is 0 Å². The number of amidine groups is 1. The molecule has 0 aliphatic heterocycles. The maximum Gasteiger partial charge on any atom is 0.419 e. The molecular formula is C9H8F4N2S. The van der Waals surface area contributed by atoms with Crippen LogP contribution < -0.4 is 5.73 Å². The number of halogens is 4. The van der Waals surface area contributed by atoms with Crippen molar-refractivity contribution in [1.82, 2.24) is 0 Å². The quantitative estimate of drug-likeness (QED) is 0.473. The van der Waals surface area contributed by atoms with Crippen LogP contribution in [-0.4, -0.2) is 11.4 Å². The molecule has 0 aromatic heterocycles. The second-order valence-electron chi connectivity index (χ2n) is 2.82. The van der Waals surface area contributed by atoms with E-state index in [9.17, 15) is 17.6 Å². The highest BCUT2D eigenvalue weighted by Crippen LogP contribution is 2.33. The Labute approximate surface area is 93.5 Å². The van der Waals surface area contributed by atoms with Gasteiger partial charge in [0.05, 0.1) is 11.3 Å². The van der Waals surface area contributed by atoms with Crippen LogP contribution in [0, 0.1) is 5.82 Å². The number of aliphatic imine (C=N–C) groups is 1. The zero-order valence-corrected chi connectivity index (χ0v) is 8.99. The first-order valence-corrected chi connectivity index (χ1v) is 5.32. The number of benzene rings is 1. The fourth-order valence-electron chi connectivity index (χ4n) is 0.973. The molecule has 0 spiro atoms. The average molecular weight is 252 g/mol. The Hall–Kier alpha value is -1.24. The number of rotatable bonds is 1. The molecule has 0 aliphatic carbocycles. The van der Waals surface area contributed by atoms with Gasteiger partial charge in [0.1, 0.15) is 5.82 Å². The summed E-state index contributed by atoms with van der Waals surface area (Å²) in [7, 11) is 0. The Bertz CT molecular complexity index is 414. The van der Waals surface area contributed by atoms with E-state index in [0.29, 0.717) is 6.07 Å². The number of thioether (sulfide) groups is 1. The van der Waals surface area contributed by atoms with Gasteiger partial charge in [-0.25, -0.2) is 9.38 Å². The van der Waals surface area contributed by atoms with Crippen molar-refractivity contribution in [3.05, 3.63) is 29.6 Å². The smallest absolute Gasteiger partial charge is 0.378 e. The van der Waals surface area contributed by atoms with Gasteiger partial charge < -0.3 is 5.73 Å². The summed E-state index contributed by atoms with van der Waals surface area (Å²) in [6.07, 6.45) is -3.10. The predicted octanol–water partition coefficient (Wildman–Crippen LogP) is 3.15. The van der Waals surface area contributed by atoms with Crippen molar-refractivity contribution in [1.29, 1.82) is 0 Å². The van der Waals surface area contributed by atoms with Crippen LogP contribution in [0.5, 0.6) is 0 Å². The highest BCUT2D eigenvalue weighted by Gasteiger charge is 2.34. The van der Waals surface area contributed by atoms with Crippen LogP contribution in [0.25, 0.3) is 0 Å². The Morgan fingerprint density at radius 2 is 2.00 bits per heavy atom. The molecule has 0 fully saturated rings. The van der Waals surface area contributed by atoms with Gasteiger partial charge >= 0.3 is 6.18 Å². The molecule has 1 rings (SSSR count). The zero-order chi connectivity index (χ0) is 12.3. The lowest BCUT2D eigenvalue weighted by atomic mass is 10.2. The second-order valence-corrected chi connectivity index (χ2v) is 3.64. The molecule has 0 unspecified atom stereocenters. The molecule has 1 aromatic rings. The first-order chi connectivity index (χ1) is 7.34. The van der Waals surface area contributed by atoms with Crippen molar-refractivity contribution in [2.24, 2.45) is 10.7 Å². The molecule has 0 saturated carbocycles. The van der Waals surface area contributed by atoms with Gasteiger partial charge in [0.15, 0.2) is 5.17 Å². The van der Waals surface area contributed by atoms with Crippen LogP contribution in [0.4, 0.5) is 23.2 Å². The summed E-state index contributed by atoms with van der Waals surface area (Å²) in [5.41, 5.74) is 3.97. The van der Waals surface area contributed by atoms with Crippen LogP contribution in [0.15, 0.2) is 23.2 Å². The number of nitrogens with two attached hydrogens (primary N) is 1. The summed E-state index contributed by atoms with van der Waals surface area (Å²) in [5, 5.41) is 0.111. The summed E-state index contributed by atoms with van der Waals surface area (Å²) < 4.78 is 49.8. The van der Waals surface area contributed by atoms with Gasteiger partial charge in [-0.1, -0.05) is 11.8 Å². The van der Waals surface area contributed by atoms with Gasteiger partial charge in [0, 0.05) is 0 Å². The second kappa shape index (κ2) is 4.73. The van der Waals surface area contributed by atoms with Gasteiger partial charge in [-0.05, 0) is 24.5 Å². The SMILES string of the molecule is CSC(N)=Nc1ccc(F)c(C(F)(F)F)c1. The van der Waals surface area contributed by atoms with Gasteiger partial charge in [0.2, 0.25) is 0 Å². The molecule has 16 heavy (non-hydrogen) atoms. The van der Waals surface area contributed by atoms with E-state index in [1.807, 2.05) is 0 Å². The maximum absolute atomic E-state index is 12.9. The van der Waals surface area contributed by atoms with E-state index in [0.717, 1.165) is 23.9 Å². The number of nitrogens with zero attached hydrogens (tertiary/aromatic N) is 1. The molecule has 1 aromatic carbocycles. The minimum atomic E-state index is -4.73. The molecular weight excluding hydrogens is 244 g/mol. The summed E-state index contributed by atoms with van der Waals surface area (Å²) in [5.74, 6) is -1.32. The molecule has 0 radical (unpaired) electrons. The molecule has 0 aliphatic rings. The fourth-order valence-corrected chi connectivity index (χ4v) is 1.17. The Kier molecular flexibility index (Phi) is 3.79. The summed E-state index contributed by atoms with van der Waals surface area (Å²) >= 11 is 1.09. The predicted molar refractivity (Wildman–Crippen MR) is 56.2 cm³/mol. The van der Waals surface area contributed by atoms with Crippen molar-refractivity contribution >= 4 is 22.6 Å². The van der Waals surface area contributed by atoms with E-state index in [-0.39, 0.29) is 10.9 Å². The highest BCUT2D eigenvalue weighted by atomic mass is 32.2. The van der Waals surface area contributed by atoms with Crippen molar-refractivity contribution < 1.29 is 17.6 Å². The summed E-state index contributed by atoms with van der Waals surface area (Å²) in [6.45, 7) is 0. The van der Waals surface area contributed by atoms with E-state index in [1.165, 1.54) is 0 Å². The zero-order valence-electron chi connectivity index (χ0n) is 8.18. The van der Waals surface area contributed by atoms with E-state index >= 15 is 0 Å². The number of alkyl halides is 3. The number of hydrogen-bond donors (Lipinski definition) is 1. The lowest BCUT2D eigenvalue weighted by molar-refractivity contribution is -0.139. The molecule has 2 N–H and O–H groups in total. The minimum Gasteiger partial charge on any atom is -0.378 e. The summed E-state index contributed by atoms with van der Waals surface area (Å²) in [6, 6.07) is 2.47. The van der Waals surface area contributed by atoms with Crippen LogP contribution in [0.1, 0.15) is 5.56 Å². The first kappa shape index (κ1) is 12.8. The molecule has 0 bridgehead atoms.